The van der Waals surface area contributed by atoms with Crippen molar-refractivity contribution in [2.45, 2.75) is 32.7 Å². The molecule has 2 rings (SSSR count). The van der Waals surface area contributed by atoms with Crippen LogP contribution in [-0.4, -0.2) is 14.8 Å². The Morgan fingerprint density at radius 3 is 2.67 bits per heavy atom. The zero-order chi connectivity index (χ0) is 13.3. The maximum atomic E-state index is 13.9. The van der Waals surface area contributed by atoms with Gasteiger partial charge in [0.1, 0.15) is 11.6 Å². The Labute approximate surface area is 111 Å². The molecule has 0 unspecified atom stereocenters. The molecule has 0 fully saturated rings. The highest BCUT2D eigenvalue weighted by molar-refractivity contribution is 6.16. The van der Waals surface area contributed by atoms with E-state index in [1.165, 1.54) is 6.07 Å². The summed E-state index contributed by atoms with van der Waals surface area (Å²) >= 11 is 5.83. The van der Waals surface area contributed by atoms with Crippen molar-refractivity contribution in [3.05, 3.63) is 35.4 Å². The number of aromatic nitrogens is 3. The molecular formula is C13H15ClFN3. The normalized spacial score (nSPS) is 11.2. The molecule has 0 saturated carbocycles. The lowest BCUT2D eigenvalue weighted by molar-refractivity contribution is 0.578. The highest BCUT2D eigenvalue weighted by atomic mass is 35.5. The second-order valence-corrected chi connectivity index (χ2v) is 4.79. The van der Waals surface area contributed by atoms with E-state index < -0.39 is 0 Å². The number of alkyl halides is 1. The van der Waals surface area contributed by atoms with Crippen LogP contribution in [0.4, 0.5) is 4.39 Å². The van der Waals surface area contributed by atoms with Crippen molar-refractivity contribution in [1.82, 2.24) is 14.8 Å². The van der Waals surface area contributed by atoms with Gasteiger partial charge in [0.15, 0.2) is 5.82 Å². The lowest BCUT2D eigenvalue weighted by Crippen LogP contribution is -2.07. The van der Waals surface area contributed by atoms with E-state index in [0.717, 1.165) is 5.56 Å². The predicted molar refractivity (Wildman–Crippen MR) is 70.1 cm³/mol. The maximum absolute atomic E-state index is 13.9. The van der Waals surface area contributed by atoms with Crippen molar-refractivity contribution >= 4 is 11.6 Å². The van der Waals surface area contributed by atoms with Gasteiger partial charge in [-0.2, -0.15) is 0 Å². The SMILES string of the molecule is Cc1ccc(F)c(-c2nnc(CCl)n2C(C)C)c1. The lowest BCUT2D eigenvalue weighted by atomic mass is 10.1. The van der Waals surface area contributed by atoms with Gasteiger partial charge < -0.3 is 4.57 Å². The first-order chi connectivity index (χ1) is 8.54. The van der Waals surface area contributed by atoms with Crippen LogP contribution in [0.1, 0.15) is 31.3 Å². The third kappa shape index (κ3) is 2.25. The van der Waals surface area contributed by atoms with Gasteiger partial charge in [0.25, 0.3) is 0 Å². The molecule has 5 heteroatoms. The minimum absolute atomic E-state index is 0.128. The Balaban J connectivity index is 2.63. The summed E-state index contributed by atoms with van der Waals surface area (Å²) in [4.78, 5) is 0. The van der Waals surface area contributed by atoms with Crippen LogP contribution < -0.4 is 0 Å². The molecule has 0 aliphatic rings. The van der Waals surface area contributed by atoms with E-state index in [4.69, 9.17) is 11.6 Å². The van der Waals surface area contributed by atoms with Crippen LogP contribution in [0.2, 0.25) is 0 Å². The molecule has 0 spiro atoms. The average Bonchev–Trinajstić information content (AvgIpc) is 2.75. The Hall–Kier alpha value is -1.42. The molecule has 1 heterocycles. The molecule has 3 nitrogen and oxygen atoms in total. The number of halogens is 2. The monoisotopic (exact) mass is 267 g/mol. The zero-order valence-electron chi connectivity index (χ0n) is 10.6. The van der Waals surface area contributed by atoms with E-state index in [1.54, 1.807) is 12.1 Å². The van der Waals surface area contributed by atoms with Crippen molar-refractivity contribution in [2.24, 2.45) is 0 Å². The molecule has 2 aromatic rings. The summed E-state index contributed by atoms with van der Waals surface area (Å²) in [5.74, 6) is 1.15. The minimum atomic E-state index is -0.295. The van der Waals surface area contributed by atoms with Crippen LogP contribution in [0.25, 0.3) is 11.4 Å². The van der Waals surface area contributed by atoms with Crippen molar-refractivity contribution < 1.29 is 4.39 Å². The zero-order valence-corrected chi connectivity index (χ0v) is 11.4. The summed E-state index contributed by atoms with van der Waals surface area (Å²) in [5.41, 5.74) is 1.45. The van der Waals surface area contributed by atoms with Gasteiger partial charge in [0, 0.05) is 6.04 Å². The molecule has 0 saturated heterocycles. The molecule has 1 aromatic carbocycles. The second kappa shape index (κ2) is 5.06. The summed E-state index contributed by atoms with van der Waals surface area (Å²) in [6, 6.07) is 5.08. The van der Waals surface area contributed by atoms with E-state index in [1.807, 2.05) is 25.3 Å². The van der Waals surface area contributed by atoms with E-state index in [2.05, 4.69) is 10.2 Å². The van der Waals surface area contributed by atoms with Gasteiger partial charge in [-0.25, -0.2) is 4.39 Å². The molecule has 1 aromatic heterocycles. The van der Waals surface area contributed by atoms with Crippen LogP contribution in [0.3, 0.4) is 0 Å². The highest BCUT2D eigenvalue weighted by Gasteiger charge is 2.18. The van der Waals surface area contributed by atoms with Gasteiger partial charge in [-0.05, 0) is 32.9 Å². The first kappa shape index (κ1) is 13.0. The van der Waals surface area contributed by atoms with E-state index in [0.29, 0.717) is 17.2 Å². The van der Waals surface area contributed by atoms with Crippen molar-refractivity contribution in [3.8, 4) is 11.4 Å². The largest absolute Gasteiger partial charge is 0.307 e. The van der Waals surface area contributed by atoms with Gasteiger partial charge in [-0.1, -0.05) is 11.6 Å². The van der Waals surface area contributed by atoms with Crippen LogP contribution >= 0.6 is 11.6 Å². The molecule has 0 amide bonds. The Kier molecular flexibility index (Phi) is 3.66. The first-order valence-corrected chi connectivity index (χ1v) is 6.34. The van der Waals surface area contributed by atoms with E-state index in [-0.39, 0.29) is 17.7 Å². The van der Waals surface area contributed by atoms with Crippen molar-refractivity contribution in [1.29, 1.82) is 0 Å². The summed E-state index contributed by atoms with van der Waals surface area (Å²) in [6.45, 7) is 5.91. The summed E-state index contributed by atoms with van der Waals surface area (Å²) in [5, 5.41) is 8.09. The molecule has 0 bridgehead atoms. The quantitative estimate of drug-likeness (QED) is 0.794. The predicted octanol–water partition coefficient (Wildman–Crippen LogP) is 3.71. The first-order valence-electron chi connectivity index (χ1n) is 5.81. The molecule has 0 aliphatic heterocycles. The third-order valence-electron chi connectivity index (χ3n) is 2.77. The van der Waals surface area contributed by atoms with Crippen molar-refractivity contribution in [2.75, 3.05) is 0 Å². The Morgan fingerprint density at radius 2 is 2.06 bits per heavy atom. The van der Waals surface area contributed by atoms with Crippen LogP contribution in [0, 0.1) is 12.7 Å². The molecule has 0 atom stereocenters. The number of nitrogens with zero attached hydrogens (tertiary/aromatic N) is 3. The summed E-state index contributed by atoms with van der Waals surface area (Å²) < 4.78 is 15.8. The van der Waals surface area contributed by atoms with Crippen LogP contribution in [0.15, 0.2) is 18.2 Å². The Bertz CT molecular complexity index is 563. The molecule has 0 radical (unpaired) electrons. The lowest BCUT2D eigenvalue weighted by Gasteiger charge is -2.13. The molecular weight excluding hydrogens is 253 g/mol. The smallest absolute Gasteiger partial charge is 0.167 e. The second-order valence-electron chi connectivity index (χ2n) is 4.52. The van der Waals surface area contributed by atoms with Crippen molar-refractivity contribution in [3.63, 3.8) is 0 Å². The van der Waals surface area contributed by atoms with Crippen LogP contribution in [0.5, 0.6) is 0 Å². The van der Waals surface area contributed by atoms with Crippen LogP contribution in [-0.2, 0) is 5.88 Å². The number of hydrogen-bond donors (Lipinski definition) is 0. The number of rotatable bonds is 3. The number of hydrogen-bond acceptors (Lipinski definition) is 2. The fourth-order valence-corrected chi connectivity index (χ4v) is 2.13. The van der Waals surface area contributed by atoms with Gasteiger partial charge in [0.05, 0.1) is 11.4 Å². The highest BCUT2D eigenvalue weighted by Crippen LogP contribution is 2.26. The van der Waals surface area contributed by atoms with E-state index >= 15 is 0 Å². The van der Waals surface area contributed by atoms with Gasteiger partial charge in [0.2, 0.25) is 0 Å². The van der Waals surface area contributed by atoms with E-state index in [9.17, 15) is 4.39 Å². The topological polar surface area (TPSA) is 30.7 Å². The number of aryl methyl sites for hydroxylation is 1. The maximum Gasteiger partial charge on any atom is 0.167 e. The number of benzene rings is 1. The summed E-state index contributed by atoms with van der Waals surface area (Å²) in [6.07, 6.45) is 0. The molecule has 0 N–H and O–H groups in total. The fraction of sp³-hybridized carbons (Fsp3) is 0.385. The third-order valence-corrected chi connectivity index (χ3v) is 3.00. The molecule has 0 aliphatic carbocycles. The molecule has 18 heavy (non-hydrogen) atoms. The van der Waals surface area contributed by atoms with Gasteiger partial charge in [-0.3, -0.25) is 0 Å². The standard InChI is InChI=1S/C13H15ClFN3/c1-8(2)18-12(7-14)16-17-13(18)10-6-9(3)4-5-11(10)15/h4-6,8H,7H2,1-3H3. The summed E-state index contributed by atoms with van der Waals surface area (Å²) in [7, 11) is 0. The Morgan fingerprint density at radius 1 is 1.33 bits per heavy atom. The fourth-order valence-electron chi connectivity index (χ4n) is 1.95. The van der Waals surface area contributed by atoms with Gasteiger partial charge in [-0.15, -0.1) is 21.8 Å². The molecule has 96 valence electrons. The minimum Gasteiger partial charge on any atom is -0.307 e. The van der Waals surface area contributed by atoms with Gasteiger partial charge >= 0.3 is 0 Å². The average molecular weight is 268 g/mol.